The van der Waals surface area contributed by atoms with Crippen molar-refractivity contribution < 1.29 is 39.3 Å². The SMILES string of the molecule is CCC(C)C(NC(=O)C(CCC(=O)O)NC(=O)C(N)Cc1ccc(O)cc1)C(=O)NC(CCCCN)C(=O)O. The van der Waals surface area contributed by atoms with Crippen LogP contribution in [0.1, 0.15) is 57.9 Å². The molecule has 13 nitrogen and oxygen atoms in total. The molecule has 39 heavy (non-hydrogen) atoms. The van der Waals surface area contributed by atoms with Gasteiger partial charge in [-0.05, 0) is 62.3 Å². The number of unbranched alkanes of at least 4 members (excludes halogenated alkanes) is 1. The molecule has 0 saturated carbocycles. The van der Waals surface area contributed by atoms with Crippen molar-refractivity contribution in [1.82, 2.24) is 16.0 Å². The summed E-state index contributed by atoms with van der Waals surface area (Å²) in [5.74, 6) is -4.96. The number of aliphatic carboxylic acids is 2. The molecule has 218 valence electrons. The van der Waals surface area contributed by atoms with Crippen LogP contribution in [0.3, 0.4) is 0 Å². The van der Waals surface area contributed by atoms with Crippen LogP contribution >= 0.6 is 0 Å². The fourth-order valence-corrected chi connectivity index (χ4v) is 3.76. The van der Waals surface area contributed by atoms with Crippen molar-refractivity contribution in [3.05, 3.63) is 29.8 Å². The number of nitrogens with two attached hydrogens (primary N) is 2. The van der Waals surface area contributed by atoms with Gasteiger partial charge in [0.25, 0.3) is 0 Å². The maximum Gasteiger partial charge on any atom is 0.326 e. The number of phenols is 1. The van der Waals surface area contributed by atoms with Gasteiger partial charge in [0.2, 0.25) is 17.7 Å². The number of carboxylic acid groups (broad SMARTS) is 2. The molecule has 0 aliphatic rings. The molecule has 3 amide bonds. The maximum atomic E-state index is 13.2. The Kier molecular flexibility index (Phi) is 14.5. The van der Waals surface area contributed by atoms with E-state index in [0.717, 1.165) is 0 Å². The van der Waals surface area contributed by atoms with Gasteiger partial charge in [0.1, 0.15) is 23.9 Å². The predicted octanol–water partition coefficient (Wildman–Crippen LogP) is -0.159. The van der Waals surface area contributed by atoms with Gasteiger partial charge in [-0.2, -0.15) is 0 Å². The van der Waals surface area contributed by atoms with Crippen molar-refractivity contribution in [3.8, 4) is 5.75 Å². The highest BCUT2D eigenvalue weighted by Crippen LogP contribution is 2.13. The second-order valence-electron chi connectivity index (χ2n) is 9.53. The van der Waals surface area contributed by atoms with Crippen LogP contribution in [0.15, 0.2) is 24.3 Å². The highest BCUT2D eigenvalue weighted by molar-refractivity contribution is 5.94. The molecule has 0 spiro atoms. The normalized spacial score (nSPS) is 14.8. The van der Waals surface area contributed by atoms with Crippen molar-refractivity contribution in [2.75, 3.05) is 6.54 Å². The molecule has 1 rings (SSSR count). The lowest BCUT2D eigenvalue weighted by Crippen LogP contribution is -2.58. The smallest absolute Gasteiger partial charge is 0.326 e. The molecule has 5 atom stereocenters. The van der Waals surface area contributed by atoms with Gasteiger partial charge >= 0.3 is 11.9 Å². The van der Waals surface area contributed by atoms with Crippen molar-refractivity contribution in [1.29, 1.82) is 0 Å². The van der Waals surface area contributed by atoms with Gasteiger partial charge in [-0.25, -0.2) is 4.79 Å². The first-order valence-electron chi connectivity index (χ1n) is 13.0. The molecule has 0 bridgehead atoms. The number of carboxylic acids is 2. The first-order valence-corrected chi connectivity index (χ1v) is 13.0. The van der Waals surface area contributed by atoms with Crippen LogP contribution in [-0.4, -0.2) is 75.7 Å². The lowest BCUT2D eigenvalue weighted by molar-refractivity contribution is -0.143. The highest BCUT2D eigenvalue weighted by atomic mass is 16.4. The van der Waals surface area contributed by atoms with Gasteiger partial charge in [-0.15, -0.1) is 0 Å². The summed E-state index contributed by atoms with van der Waals surface area (Å²) in [5.41, 5.74) is 12.1. The van der Waals surface area contributed by atoms with Crippen molar-refractivity contribution in [3.63, 3.8) is 0 Å². The molecule has 0 heterocycles. The zero-order valence-corrected chi connectivity index (χ0v) is 22.4. The minimum Gasteiger partial charge on any atom is -0.508 e. The number of hydrogen-bond acceptors (Lipinski definition) is 8. The molecule has 1 aromatic carbocycles. The van der Waals surface area contributed by atoms with Crippen molar-refractivity contribution in [2.24, 2.45) is 17.4 Å². The Hall–Kier alpha value is -3.71. The maximum absolute atomic E-state index is 13.2. The minimum absolute atomic E-state index is 0.0484. The van der Waals surface area contributed by atoms with E-state index < -0.39 is 66.2 Å². The summed E-state index contributed by atoms with van der Waals surface area (Å²) in [7, 11) is 0. The van der Waals surface area contributed by atoms with Crippen LogP contribution in [0.2, 0.25) is 0 Å². The molecule has 5 unspecified atom stereocenters. The Balaban J connectivity index is 3.00. The number of nitrogens with one attached hydrogen (secondary N) is 3. The van der Waals surface area contributed by atoms with Crippen molar-refractivity contribution >= 4 is 29.7 Å². The number of carbonyl (C=O) groups excluding carboxylic acids is 3. The Morgan fingerprint density at radius 1 is 0.872 bits per heavy atom. The van der Waals surface area contributed by atoms with Crippen LogP contribution in [0.5, 0.6) is 5.75 Å². The second-order valence-corrected chi connectivity index (χ2v) is 9.53. The largest absolute Gasteiger partial charge is 0.508 e. The average molecular weight is 552 g/mol. The van der Waals surface area contributed by atoms with E-state index in [4.69, 9.17) is 16.6 Å². The molecule has 0 fully saturated rings. The van der Waals surface area contributed by atoms with Gasteiger partial charge < -0.3 is 42.7 Å². The first-order chi connectivity index (χ1) is 18.4. The van der Waals surface area contributed by atoms with Crippen LogP contribution in [0, 0.1) is 5.92 Å². The summed E-state index contributed by atoms with van der Waals surface area (Å²) in [6.07, 6.45) is 1.10. The third-order valence-electron chi connectivity index (χ3n) is 6.36. The van der Waals surface area contributed by atoms with E-state index in [-0.39, 0.29) is 25.0 Å². The van der Waals surface area contributed by atoms with E-state index in [1.807, 2.05) is 0 Å². The van der Waals surface area contributed by atoms with E-state index in [9.17, 15) is 34.2 Å². The molecule has 10 N–H and O–H groups in total. The fourth-order valence-electron chi connectivity index (χ4n) is 3.76. The molecule has 0 aliphatic carbocycles. The number of carbonyl (C=O) groups is 5. The third kappa shape index (κ3) is 12.1. The molecule has 0 aromatic heterocycles. The lowest BCUT2D eigenvalue weighted by Gasteiger charge is -2.28. The summed E-state index contributed by atoms with van der Waals surface area (Å²) in [6, 6.07) is 1.38. The first kappa shape index (κ1) is 33.3. The number of rotatable bonds is 18. The Labute approximate surface area is 227 Å². The monoisotopic (exact) mass is 551 g/mol. The van der Waals surface area contributed by atoms with Gasteiger partial charge in [0.15, 0.2) is 0 Å². The molecule has 0 aliphatic heterocycles. The van der Waals surface area contributed by atoms with Crippen molar-refractivity contribution in [2.45, 2.75) is 83.0 Å². The highest BCUT2D eigenvalue weighted by Gasteiger charge is 2.32. The van der Waals surface area contributed by atoms with E-state index >= 15 is 0 Å². The third-order valence-corrected chi connectivity index (χ3v) is 6.36. The van der Waals surface area contributed by atoms with Gasteiger partial charge in [0.05, 0.1) is 6.04 Å². The standard InChI is InChI=1S/C26H41N5O8/c1-3-15(2)22(25(37)30-20(26(38)39)6-4-5-13-27)31-24(36)19(11-12-21(33)34)29-23(35)18(28)14-16-7-9-17(32)10-8-16/h7-10,15,18-20,22,32H,3-6,11-14,27-28H2,1-2H3,(H,29,35)(H,30,37)(H,31,36)(H,33,34)(H,38,39). The summed E-state index contributed by atoms with van der Waals surface area (Å²) < 4.78 is 0. The van der Waals surface area contributed by atoms with Crippen LogP contribution in [0.4, 0.5) is 0 Å². The number of benzene rings is 1. The van der Waals surface area contributed by atoms with E-state index in [1.54, 1.807) is 26.0 Å². The number of amides is 3. The minimum atomic E-state index is -1.31. The Morgan fingerprint density at radius 3 is 2.03 bits per heavy atom. The Morgan fingerprint density at radius 2 is 1.49 bits per heavy atom. The van der Waals surface area contributed by atoms with E-state index in [0.29, 0.717) is 31.4 Å². The molecular weight excluding hydrogens is 510 g/mol. The molecular formula is C26H41N5O8. The fraction of sp³-hybridized carbons (Fsp3) is 0.577. The van der Waals surface area contributed by atoms with Gasteiger partial charge in [0, 0.05) is 6.42 Å². The summed E-state index contributed by atoms with van der Waals surface area (Å²) >= 11 is 0. The Bertz CT molecular complexity index is 972. The van der Waals surface area contributed by atoms with E-state index in [1.165, 1.54) is 12.1 Å². The molecule has 13 heteroatoms. The van der Waals surface area contributed by atoms with Crippen LogP contribution in [0.25, 0.3) is 0 Å². The zero-order valence-electron chi connectivity index (χ0n) is 22.4. The average Bonchev–Trinajstić information content (AvgIpc) is 2.89. The lowest BCUT2D eigenvalue weighted by atomic mass is 9.96. The quantitative estimate of drug-likeness (QED) is 0.112. The number of aromatic hydroxyl groups is 1. The van der Waals surface area contributed by atoms with Gasteiger partial charge in [-0.3, -0.25) is 19.2 Å². The number of phenolic OH excluding ortho intramolecular Hbond substituents is 1. The van der Waals surface area contributed by atoms with E-state index in [2.05, 4.69) is 16.0 Å². The number of hydrogen-bond donors (Lipinski definition) is 8. The summed E-state index contributed by atoms with van der Waals surface area (Å²) in [6.45, 7) is 3.88. The van der Waals surface area contributed by atoms with Crippen LogP contribution < -0.4 is 27.4 Å². The molecule has 0 radical (unpaired) electrons. The summed E-state index contributed by atoms with van der Waals surface area (Å²) in [4.78, 5) is 61.8. The second kappa shape index (κ2) is 17.0. The predicted molar refractivity (Wildman–Crippen MR) is 142 cm³/mol. The van der Waals surface area contributed by atoms with Gasteiger partial charge in [-0.1, -0.05) is 32.4 Å². The van der Waals surface area contributed by atoms with Crippen LogP contribution in [-0.2, 0) is 30.4 Å². The molecule has 0 saturated heterocycles. The topological polar surface area (TPSA) is 234 Å². The molecule has 1 aromatic rings. The summed E-state index contributed by atoms with van der Waals surface area (Å²) in [5, 5.41) is 35.5. The zero-order chi connectivity index (χ0) is 29.5.